The Hall–Kier alpha value is -0.900. The number of hydrogen-bond donors (Lipinski definition) is 1. The maximum atomic E-state index is 4.01. The molecule has 1 heterocycles. The lowest BCUT2D eigenvalue weighted by Gasteiger charge is -2.03. The van der Waals surface area contributed by atoms with Gasteiger partial charge in [0.05, 0.1) is 6.54 Å². The third-order valence-electron chi connectivity index (χ3n) is 2.55. The molecule has 1 rings (SSSR count). The van der Waals surface area contributed by atoms with Gasteiger partial charge in [0.15, 0.2) is 0 Å². The molecule has 0 amide bonds. The molecule has 0 aliphatic heterocycles. The summed E-state index contributed by atoms with van der Waals surface area (Å²) in [6.07, 6.45) is 8.37. The van der Waals surface area contributed by atoms with E-state index >= 15 is 0 Å². The molecular weight excluding hydrogens is 188 g/mol. The summed E-state index contributed by atoms with van der Waals surface area (Å²) in [4.78, 5) is 0. The first-order valence-electron chi connectivity index (χ1n) is 5.88. The minimum Gasteiger partial charge on any atom is -0.320 e. The largest absolute Gasteiger partial charge is 0.320 e. The van der Waals surface area contributed by atoms with Crippen LogP contribution in [0.1, 0.15) is 44.9 Å². The molecule has 0 unspecified atom stereocenters. The lowest BCUT2D eigenvalue weighted by molar-refractivity contribution is 0.568. The lowest BCUT2D eigenvalue weighted by atomic mass is 10.1. The molecular formula is C11H22N4. The molecule has 0 saturated carbocycles. The summed E-state index contributed by atoms with van der Waals surface area (Å²) in [6, 6.07) is 0. The second kappa shape index (κ2) is 7.40. The molecule has 1 aromatic heterocycles. The molecule has 0 fully saturated rings. The van der Waals surface area contributed by atoms with E-state index in [-0.39, 0.29) is 0 Å². The SMILES string of the molecule is CCCCCCCNCc1nncn1C. The zero-order chi connectivity index (χ0) is 10.9. The van der Waals surface area contributed by atoms with E-state index in [1.807, 2.05) is 11.6 Å². The number of nitrogens with one attached hydrogen (secondary N) is 1. The molecule has 1 N–H and O–H groups in total. The molecule has 15 heavy (non-hydrogen) atoms. The Morgan fingerprint density at radius 2 is 2.07 bits per heavy atom. The number of aromatic nitrogens is 3. The van der Waals surface area contributed by atoms with Gasteiger partial charge < -0.3 is 9.88 Å². The van der Waals surface area contributed by atoms with Crippen LogP contribution in [0.25, 0.3) is 0 Å². The average Bonchev–Trinajstić information content (AvgIpc) is 2.63. The summed E-state index contributed by atoms with van der Waals surface area (Å²) in [5.41, 5.74) is 0. The van der Waals surface area contributed by atoms with E-state index in [0.29, 0.717) is 0 Å². The van der Waals surface area contributed by atoms with Gasteiger partial charge in [-0.25, -0.2) is 0 Å². The zero-order valence-electron chi connectivity index (χ0n) is 9.87. The highest BCUT2D eigenvalue weighted by Gasteiger charge is 1.98. The Balaban J connectivity index is 1.96. The van der Waals surface area contributed by atoms with E-state index in [0.717, 1.165) is 18.9 Å². The highest BCUT2D eigenvalue weighted by Crippen LogP contribution is 2.01. The smallest absolute Gasteiger partial charge is 0.146 e. The van der Waals surface area contributed by atoms with Gasteiger partial charge in [-0.15, -0.1) is 10.2 Å². The maximum absolute atomic E-state index is 4.01. The summed E-state index contributed by atoms with van der Waals surface area (Å²) in [5.74, 6) is 1.00. The molecule has 0 atom stereocenters. The lowest BCUT2D eigenvalue weighted by Crippen LogP contribution is -2.17. The van der Waals surface area contributed by atoms with Crippen LogP contribution < -0.4 is 5.32 Å². The van der Waals surface area contributed by atoms with Crippen molar-refractivity contribution >= 4 is 0 Å². The predicted octanol–water partition coefficient (Wildman–Crippen LogP) is 1.88. The fourth-order valence-electron chi connectivity index (χ4n) is 1.52. The van der Waals surface area contributed by atoms with Gasteiger partial charge in [-0.05, 0) is 13.0 Å². The molecule has 0 aromatic carbocycles. The summed E-state index contributed by atoms with van der Waals surface area (Å²) in [7, 11) is 1.97. The van der Waals surface area contributed by atoms with Crippen molar-refractivity contribution in [2.75, 3.05) is 6.54 Å². The van der Waals surface area contributed by atoms with Crippen LogP contribution in [0.3, 0.4) is 0 Å². The quantitative estimate of drug-likeness (QED) is 0.666. The molecule has 0 aliphatic carbocycles. The van der Waals surface area contributed by atoms with Crippen molar-refractivity contribution in [1.29, 1.82) is 0 Å². The van der Waals surface area contributed by atoms with Gasteiger partial charge in [0, 0.05) is 7.05 Å². The van der Waals surface area contributed by atoms with Crippen LogP contribution >= 0.6 is 0 Å². The molecule has 1 aromatic rings. The highest BCUT2D eigenvalue weighted by molar-refractivity contribution is 4.82. The Kier molecular flexibility index (Phi) is 6.00. The fraction of sp³-hybridized carbons (Fsp3) is 0.818. The molecule has 0 bridgehead atoms. The monoisotopic (exact) mass is 210 g/mol. The summed E-state index contributed by atoms with van der Waals surface area (Å²) in [6.45, 7) is 4.15. The van der Waals surface area contributed by atoms with Crippen LogP contribution in [0.15, 0.2) is 6.33 Å². The predicted molar refractivity (Wildman–Crippen MR) is 61.5 cm³/mol. The highest BCUT2D eigenvalue weighted by atomic mass is 15.3. The Bertz CT molecular complexity index is 257. The van der Waals surface area contributed by atoms with E-state index in [1.165, 1.54) is 32.1 Å². The molecule has 4 nitrogen and oxygen atoms in total. The third-order valence-corrected chi connectivity index (χ3v) is 2.55. The number of nitrogens with zero attached hydrogens (tertiary/aromatic N) is 3. The van der Waals surface area contributed by atoms with Crippen molar-refractivity contribution < 1.29 is 0 Å². The number of unbranched alkanes of at least 4 members (excludes halogenated alkanes) is 4. The molecule has 4 heteroatoms. The van der Waals surface area contributed by atoms with Crippen LogP contribution in [0.4, 0.5) is 0 Å². The Morgan fingerprint density at radius 3 is 2.73 bits per heavy atom. The summed E-state index contributed by atoms with van der Waals surface area (Å²) < 4.78 is 1.95. The van der Waals surface area contributed by atoms with Gasteiger partial charge in [0.1, 0.15) is 12.2 Å². The van der Waals surface area contributed by atoms with Crippen molar-refractivity contribution in [3.8, 4) is 0 Å². The van der Waals surface area contributed by atoms with E-state index in [9.17, 15) is 0 Å². The third kappa shape index (κ3) is 4.93. The van der Waals surface area contributed by atoms with E-state index in [1.54, 1.807) is 6.33 Å². The van der Waals surface area contributed by atoms with Crippen LogP contribution in [0.2, 0.25) is 0 Å². The minimum atomic E-state index is 0.824. The van der Waals surface area contributed by atoms with Gasteiger partial charge in [-0.3, -0.25) is 0 Å². The van der Waals surface area contributed by atoms with E-state index in [2.05, 4.69) is 22.4 Å². The van der Waals surface area contributed by atoms with Crippen molar-refractivity contribution in [2.24, 2.45) is 7.05 Å². The fourth-order valence-corrected chi connectivity index (χ4v) is 1.52. The zero-order valence-corrected chi connectivity index (χ0v) is 9.87. The van der Waals surface area contributed by atoms with Gasteiger partial charge in [0.2, 0.25) is 0 Å². The minimum absolute atomic E-state index is 0.824. The van der Waals surface area contributed by atoms with Gasteiger partial charge >= 0.3 is 0 Å². The number of hydrogen-bond acceptors (Lipinski definition) is 3. The topological polar surface area (TPSA) is 42.7 Å². The first-order chi connectivity index (χ1) is 7.34. The van der Waals surface area contributed by atoms with Crippen molar-refractivity contribution in [2.45, 2.75) is 45.6 Å². The van der Waals surface area contributed by atoms with Crippen LogP contribution in [0.5, 0.6) is 0 Å². The number of aryl methyl sites for hydroxylation is 1. The van der Waals surface area contributed by atoms with Crippen LogP contribution in [-0.4, -0.2) is 21.3 Å². The second-order valence-corrected chi connectivity index (χ2v) is 3.95. The molecule has 0 aliphatic rings. The van der Waals surface area contributed by atoms with Gasteiger partial charge in [-0.2, -0.15) is 0 Å². The van der Waals surface area contributed by atoms with Gasteiger partial charge in [-0.1, -0.05) is 32.6 Å². The van der Waals surface area contributed by atoms with Crippen molar-refractivity contribution in [3.05, 3.63) is 12.2 Å². The first kappa shape index (κ1) is 12.2. The first-order valence-corrected chi connectivity index (χ1v) is 5.88. The Morgan fingerprint density at radius 1 is 1.27 bits per heavy atom. The van der Waals surface area contributed by atoms with E-state index in [4.69, 9.17) is 0 Å². The average molecular weight is 210 g/mol. The summed E-state index contributed by atoms with van der Waals surface area (Å²) in [5, 5.41) is 11.2. The normalized spacial score (nSPS) is 10.8. The summed E-state index contributed by atoms with van der Waals surface area (Å²) >= 11 is 0. The molecule has 0 radical (unpaired) electrons. The van der Waals surface area contributed by atoms with E-state index < -0.39 is 0 Å². The molecule has 0 saturated heterocycles. The van der Waals surface area contributed by atoms with Gasteiger partial charge in [0.25, 0.3) is 0 Å². The Labute approximate surface area is 92.1 Å². The molecule has 86 valence electrons. The maximum Gasteiger partial charge on any atom is 0.146 e. The standard InChI is InChI=1S/C11H22N4/c1-3-4-5-6-7-8-12-9-11-14-13-10-15(11)2/h10,12H,3-9H2,1-2H3. The number of rotatable bonds is 8. The van der Waals surface area contributed by atoms with Crippen molar-refractivity contribution in [1.82, 2.24) is 20.1 Å². The van der Waals surface area contributed by atoms with Crippen LogP contribution in [0, 0.1) is 0 Å². The molecule has 0 spiro atoms. The second-order valence-electron chi connectivity index (χ2n) is 3.95. The van der Waals surface area contributed by atoms with Crippen molar-refractivity contribution in [3.63, 3.8) is 0 Å². The van der Waals surface area contributed by atoms with Crippen LogP contribution in [-0.2, 0) is 13.6 Å².